The van der Waals surface area contributed by atoms with Gasteiger partial charge in [-0.05, 0) is 37.1 Å². The summed E-state index contributed by atoms with van der Waals surface area (Å²) in [4.78, 5) is 17.4. The van der Waals surface area contributed by atoms with Crippen molar-refractivity contribution in [1.29, 1.82) is 0 Å². The fourth-order valence-electron chi connectivity index (χ4n) is 2.81. The van der Waals surface area contributed by atoms with E-state index >= 15 is 0 Å². The molecule has 6 nitrogen and oxygen atoms in total. The van der Waals surface area contributed by atoms with Crippen LogP contribution in [-0.2, 0) is 0 Å². The summed E-state index contributed by atoms with van der Waals surface area (Å²) >= 11 is 0. The van der Waals surface area contributed by atoms with Gasteiger partial charge in [0.2, 0.25) is 0 Å². The summed E-state index contributed by atoms with van der Waals surface area (Å²) in [6, 6.07) is 7.91. The first-order valence-electron chi connectivity index (χ1n) is 7.23. The van der Waals surface area contributed by atoms with Crippen LogP contribution in [0.4, 0.5) is 0 Å². The van der Waals surface area contributed by atoms with Crippen molar-refractivity contribution in [2.45, 2.75) is 19.0 Å². The van der Waals surface area contributed by atoms with Crippen molar-refractivity contribution in [2.24, 2.45) is 0 Å². The van der Waals surface area contributed by atoms with Gasteiger partial charge in [0, 0.05) is 12.4 Å². The maximum absolute atomic E-state index is 4.39. The molecule has 0 atom stereocenters. The highest BCUT2D eigenvalue weighted by molar-refractivity contribution is 5.72. The zero-order valence-corrected chi connectivity index (χ0v) is 12.0. The molecule has 0 aliphatic carbocycles. The standard InChI is InChI=1S/C16H15N6/c1-2-5-14(21-10-19-15-12(21)6-3-8-17-15)22-11-20-16-13(22)7-4-9-18-16/h3-4,6-11,14H,1-2,5H2. The highest BCUT2D eigenvalue weighted by Crippen LogP contribution is 2.25. The Kier molecular flexibility index (Phi) is 3.07. The average Bonchev–Trinajstić information content (AvgIpc) is 3.17. The third-order valence-corrected chi connectivity index (χ3v) is 3.80. The zero-order valence-electron chi connectivity index (χ0n) is 12.0. The van der Waals surface area contributed by atoms with Gasteiger partial charge in [-0.25, -0.2) is 19.9 Å². The van der Waals surface area contributed by atoms with Crippen LogP contribution in [-0.4, -0.2) is 29.1 Å². The number of aromatic nitrogens is 6. The summed E-state index contributed by atoms with van der Waals surface area (Å²) in [7, 11) is 0. The number of fused-ring (bicyclic) bond motifs is 2. The molecule has 4 rings (SSSR count). The Morgan fingerprint density at radius 2 is 1.41 bits per heavy atom. The molecule has 0 saturated heterocycles. The van der Waals surface area contributed by atoms with Crippen LogP contribution in [0.3, 0.4) is 0 Å². The van der Waals surface area contributed by atoms with E-state index in [0.29, 0.717) is 0 Å². The van der Waals surface area contributed by atoms with Gasteiger partial charge in [0.25, 0.3) is 0 Å². The first kappa shape index (κ1) is 12.9. The van der Waals surface area contributed by atoms with Gasteiger partial charge >= 0.3 is 0 Å². The SMILES string of the molecule is [CH2]CCC(n1cnc2ncccc21)n1cnc2ncccc21. The number of hydrogen-bond donors (Lipinski definition) is 0. The van der Waals surface area contributed by atoms with Gasteiger partial charge in [-0.2, -0.15) is 0 Å². The quantitative estimate of drug-likeness (QED) is 0.580. The van der Waals surface area contributed by atoms with Gasteiger partial charge < -0.3 is 9.13 Å². The maximum Gasteiger partial charge on any atom is 0.177 e. The predicted octanol–water partition coefficient (Wildman–Crippen LogP) is 2.84. The Morgan fingerprint density at radius 1 is 0.864 bits per heavy atom. The van der Waals surface area contributed by atoms with Gasteiger partial charge in [-0.3, -0.25) is 0 Å². The van der Waals surface area contributed by atoms with E-state index in [2.05, 4.69) is 36.0 Å². The lowest BCUT2D eigenvalue weighted by atomic mass is 10.2. The first-order chi connectivity index (χ1) is 10.9. The molecule has 0 spiro atoms. The van der Waals surface area contributed by atoms with Gasteiger partial charge in [0.15, 0.2) is 11.3 Å². The molecule has 22 heavy (non-hydrogen) atoms. The lowest BCUT2D eigenvalue weighted by Gasteiger charge is -2.21. The molecule has 0 unspecified atom stereocenters. The van der Waals surface area contributed by atoms with E-state index in [1.54, 1.807) is 12.4 Å². The average molecular weight is 291 g/mol. The van der Waals surface area contributed by atoms with Crippen molar-refractivity contribution in [3.8, 4) is 0 Å². The van der Waals surface area contributed by atoms with Gasteiger partial charge in [-0.1, -0.05) is 6.92 Å². The van der Waals surface area contributed by atoms with Crippen molar-refractivity contribution >= 4 is 22.3 Å². The smallest absolute Gasteiger partial charge is 0.177 e. The Labute approximate surface area is 127 Å². The molecule has 0 aliphatic heterocycles. The number of pyridine rings is 2. The van der Waals surface area contributed by atoms with Gasteiger partial charge in [-0.15, -0.1) is 0 Å². The van der Waals surface area contributed by atoms with Crippen molar-refractivity contribution in [3.63, 3.8) is 0 Å². The van der Waals surface area contributed by atoms with Crippen molar-refractivity contribution in [3.05, 3.63) is 56.2 Å². The van der Waals surface area contributed by atoms with Gasteiger partial charge in [0.05, 0.1) is 23.7 Å². The van der Waals surface area contributed by atoms with Crippen LogP contribution in [0.25, 0.3) is 22.3 Å². The third kappa shape index (κ3) is 1.95. The van der Waals surface area contributed by atoms with Crippen molar-refractivity contribution in [2.75, 3.05) is 0 Å². The third-order valence-electron chi connectivity index (χ3n) is 3.80. The molecule has 0 aromatic carbocycles. The normalized spacial score (nSPS) is 11.7. The monoisotopic (exact) mass is 291 g/mol. The van der Waals surface area contributed by atoms with E-state index in [-0.39, 0.29) is 6.17 Å². The number of hydrogen-bond acceptors (Lipinski definition) is 4. The van der Waals surface area contributed by atoms with E-state index in [0.717, 1.165) is 35.2 Å². The fraction of sp³-hybridized carbons (Fsp3) is 0.188. The number of nitrogens with zero attached hydrogens (tertiary/aromatic N) is 6. The van der Waals surface area contributed by atoms with E-state index < -0.39 is 0 Å². The molecule has 109 valence electrons. The molecule has 1 radical (unpaired) electrons. The topological polar surface area (TPSA) is 61.4 Å². The second-order valence-corrected chi connectivity index (χ2v) is 5.12. The highest BCUT2D eigenvalue weighted by atomic mass is 15.3. The second-order valence-electron chi connectivity index (χ2n) is 5.12. The maximum atomic E-state index is 4.39. The minimum absolute atomic E-state index is 0.0564. The van der Waals surface area contributed by atoms with Crippen molar-refractivity contribution < 1.29 is 0 Å². The molecule has 0 fully saturated rings. The van der Waals surface area contributed by atoms with Crippen LogP contribution in [0.2, 0.25) is 0 Å². The molecule has 0 amide bonds. The summed E-state index contributed by atoms with van der Waals surface area (Å²) < 4.78 is 4.25. The predicted molar refractivity (Wildman–Crippen MR) is 84.1 cm³/mol. The van der Waals surface area contributed by atoms with Crippen LogP contribution in [0.5, 0.6) is 0 Å². The summed E-state index contributed by atoms with van der Waals surface area (Å²) in [6.45, 7) is 4.01. The molecule has 6 heteroatoms. The molecule has 4 aromatic heterocycles. The van der Waals surface area contributed by atoms with E-state index in [9.17, 15) is 0 Å². The number of imidazole rings is 2. The molecule has 0 saturated carbocycles. The molecule has 0 aliphatic rings. The van der Waals surface area contributed by atoms with Gasteiger partial charge in [0.1, 0.15) is 6.17 Å². The minimum Gasteiger partial charge on any atom is -0.307 e. The van der Waals surface area contributed by atoms with E-state index in [1.165, 1.54) is 0 Å². The molecule has 4 aromatic rings. The Balaban J connectivity index is 1.91. The molecular weight excluding hydrogens is 276 g/mol. The van der Waals surface area contributed by atoms with Crippen LogP contribution in [0.15, 0.2) is 49.3 Å². The minimum atomic E-state index is 0.0564. The fourth-order valence-corrected chi connectivity index (χ4v) is 2.81. The summed E-state index contributed by atoms with van der Waals surface area (Å²) in [5, 5.41) is 0. The van der Waals surface area contributed by atoms with Crippen LogP contribution >= 0.6 is 0 Å². The van der Waals surface area contributed by atoms with E-state index in [4.69, 9.17) is 0 Å². The Morgan fingerprint density at radius 3 is 1.91 bits per heavy atom. The Hall–Kier alpha value is -2.76. The summed E-state index contributed by atoms with van der Waals surface area (Å²) in [6.07, 6.45) is 8.92. The molecular formula is C16H15N6. The zero-order chi connectivity index (χ0) is 14.9. The molecule has 0 bridgehead atoms. The Bertz CT molecular complexity index is 848. The van der Waals surface area contributed by atoms with Crippen LogP contribution < -0.4 is 0 Å². The largest absolute Gasteiger partial charge is 0.307 e. The first-order valence-corrected chi connectivity index (χ1v) is 7.23. The van der Waals surface area contributed by atoms with Crippen molar-refractivity contribution in [1.82, 2.24) is 29.1 Å². The van der Waals surface area contributed by atoms with Crippen LogP contribution in [0, 0.1) is 6.92 Å². The lowest BCUT2D eigenvalue weighted by Crippen LogP contribution is -2.16. The molecule has 0 N–H and O–H groups in total. The number of rotatable bonds is 4. The summed E-state index contributed by atoms with van der Waals surface area (Å²) in [5.74, 6) is 0. The van der Waals surface area contributed by atoms with E-state index in [1.807, 2.05) is 36.9 Å². The highest BCUT2D eigenvalue weighted by Gasteiger charge is 2.18. The summed E-state index contributed by atoms with van der Waals surface area (Å²) in [5.41, 5.74) is 3.51. The van der Waals surface area contributed by atoms with Crippen LogP contribution in [0.1, 0.15) is 19.0 Å². The molecule has 4 heterocycles. The lowest BCUT2D eigenvalue weighted by molar-refractivity contribution is 0.422. The second kappa shape index (κ2) is 5.22.